The molecule has 0 aromatic carbocycles. The van der Waals surface area contributed by atoms with Crippen molar-refractivity contribution in [1.29, 1.82) is 0 Å². The molecule has 0 fully saturated rings. The molecule has 0 aliphatic rings. The Bertz CT molecular complexity index is 224. The Morgan fingerprint density at radius 1 is 1.38 bits per heavy atom. The summed E-state index contributed by atoms with van der Waals surface area (Å²) in [5.74, 6) is 0.576. The van der Waals surface area contributed by atoms with Crippen molar-refractivity contribution in [2.45, 2.75) is 65.6 Å². The number of rotatable bonds is 7. The molecule has 0 unspecified atom stereocenters. The van der Waals surface area contributed by atoms with Crippen LogP contribution in [0, 0.1) is 5.92 Å². The van der Waals surface area contributed by atoms with Gasteiger partial charge in [-0.25, -0.2) is 0 Å². The average molecular weight is 308 g/mol. The third-order valence-electron chi connectivity index (χ3n) is 3.53. The summed E-state index contributed by atoms with van der Waals surface area (Å²) in [6, 6.07) is 0. The zero-order valence-corrected chi connectivity index (χ0v) is 13.7. The summed E-state index contributed by atoms with van der Waals surface area (Å²) >= 11 is 10.1. The molecule has 0 radical (unpaired) electrons. The number of hydrogen-bond acceptors (Lipinski definition) is 0. The van der Waals surface area contributed by atoms with E-state index in [0.717, 1.165) is 10.8 Å². The van der Waals surface area contributed by atoms with Gasteiger partial charge >= 0.3 is 0 Å². The monoisotopic (exact) mass is 306 g/mol. The second-order valence-corrected chi connectivity index (χ2v) is 6.78. The molecule has 0 saturated heterocycles. The van der Waals surface area contributed by atoms with E-state index in [9.17, 15) is 0 Å². The lowest BCUT2D eigenvalue weighted by molar-refractivity contribution is 0.473. The number of halogens is 2. The first-order valence-corrected chi connectivity index (χ1v) is 7.56. The highest BCUT2D eigenvalue weighted by molar-refractivity contribution is 9.12. The fraction of sp³-hybridized carbons (Fsp3) is 0.846. The Labute approximate surface area is 115 Å². The van der Waals surface area contributed by atoms with Gasteiger partial charge in [0.2, 0.25) is 0 Å². The molecule has 0 aromatic rings. The lowest BCUT2D eigenvalue weighted by Gasteiger charge is -2.31. The zero-order valence-electron chi connectivity index (χ0n) is 11.3. The van der Waals surface area contributed by atoms with Gasteiger partial charge in [0.25, 0.3) is 6.13 Å². The largest absolute Gasteiger partial charge is 0.295 e. The second-order valence-electron chi connectivity index (χ2n) is 5.42. The van der Waals surface area contributed by atoms with Crippen molar-refractivity contribution < 1.29 is 0 Å². The van der Waals surface area contributed by atoms with E-state index in [1.807, 2.05) is 0 Å². The molecule has 0 aliphatic heterocycles. The third-order valence-corrected chi connectivity index (χ3v) is 5.37. The highest BCUT2D eigenvalue weighted by Crippen LogP contribution is 2.43. The molecule has 0 atom stereocenters. The Kier molecular flexibility index (Phi) is 8.10. The van der Waals surface area contributed by atoms with Crippen LogP contribution in [0.25, 0.3) is 0 Å². The van der Waals surface area contributed by atoms with Crippen LogP contribution in [0.3, 0.4) is 0 Å². The molecule has 0 amide bonds. The number of hydrogen-bond donors (Lipinski definition) is 0. The summed E-state index contributed by atoms with van der Waals surface area (Å²) in [5, 5.41) is 0.127. The fourth-order valence-corrected chi connectivity index (χ4v) is 2.55. The molecule has 0 bridgehead atoms. The van der Waals surface area contributed by atoms with Crippen molar-refractivity contribution in [3.8, 4) is 0 Å². The van der Waals surface area contributed by atoms with E-state index >= 15 is 0 Å². The van der Waals surface area contributed by atoms with Crippen molar-refractivity contribution in [2.75, 3.05) is 0 Å². The van der Waals surface area contributed by atoms with Crippen molar-refractivity contribution in [2.24, 2.45) is 5.92 Å². The van der Waals surface area contributed by atoms with Crippen LogP contribution in [0.2, 0.25) is 5.31 Å². The Hall–Kier alpha value is 0.575. The molecule has 0 aromatic heterocycles. The molecule has 3 heteroatoms. The van der Waals surface area contributed by atoms with Crippen molar-refractivity contribution in [3.05, 3.63) is 10.5 Å². The normalized spacial score (nSPS) is 13.4. The Morgan fingerprint density at radius 3 is 2.38 bits per heavy atom. The number of unbranched alkanes of at least 4 members (excludes halogenated alkanes) is 3. The molecule has 0 spiro atoms. The van der Waals surface area contributed by atoms with E-state index in [1.165, 1.54) is 19.3 Å². The third kappa shape index (κ3) is 5.27. The standard InChI is InChI=1S/C13H25BBrCl/c1-6-7-8-9-10-12(15)14(16)13(4,5)11(2)3/h10-11H,6-9H2,1-5H3/b12-10-. The minimum atomic E-state index is 0.0779. The quantitative estimate of drug-likeness (QED) is 0.396. The highest BCUT2D eigenvalue weighted by atomic mass is 79.9. The van der Waals surface area contributed by atoms with E-state index in [2.05, 4.69) is 56.6 Å². The minimum absolute atomic E-state index is 0.0779. The van der Waals surface area contributed by atoms with Crippen LogP contribution in [-0.4, -0.2) is 6.13 Å². The van der Waals surface area contributed by atoms with Crippen molar-refractivity contribution >= 4 is 33.5 Å². The molecule has 16 heavy (non-hydrogen) atoms. The van der Waals surface area contributed by atoms with Crippen LogP contribution in [0.4, 0.5) is 0 Å². The summed E-state index contributed by atoms with van der Waals surface area (Å²) < 4.78 is 1.16. The first-order chi connectivity index (χ1) is 7.34. The summed E-state index contributed by atoms with van der Waals surface area (Å²) in [6.07, 6.45) is 7.29. The van der Waals surface area contributed by atoms with Gasteiger partial charge in [-0.3, -0.25) is 0 Å². The summed E-state index contributed by atoms with van der Waals surface area (Å²) in [4.78, 5) is 0. The van der Waals surface area contributed by atoms with Crippen LogP contribution >= 0.6 is 27.4 Å². The van der Waals surface area contributed by atoms with E-state index < -0.39 is 0 Å². The molecule has 0 rings (SSSR count). The zero-order chi connectivity index (χ0) is 12.8. The fourth-order valence-electron chi connectivity index (χ4n) is 1.39. The maximum Gasteiger partial charge on any atom is 0.295 e. The minimum Gasteiger partial charge on any atom is -0.188 e. The van der Waals surface area contributed by atoms with Crippen molar-refractivity contribution in [1.82, 2.24) is 0 Å². The van der Waals surface area contributed by atoms with Crippen LogP contribution in [-0.2, 0) is 0 Å². The van der Waals surface area contributed by atoms with Crippen LogP contribution < -0.4 is 0 Å². The van der Waals surface area contributed by atoms with Gasteiger partial charge in [-0.2, -0.15) is 11.5 Å². The van der Waals surface area contributed by atoms with E-state index in [1.54, 1.807) is 0 Å². The lowest BCUT2D eigenvalue weighted by atomic mass is 9.48. The van der Waals surface area contributed by atoms with Gasteiger partial charge in [0.05, 0.1) is 0 Å². The molecule has 94 valence electrons. The molecule has 0 nitrogen and oxygen atoms in total. The molecule has 0 aliphatic carbocycles. The summed E-state index contributed by atoms with van der Waals surface area (Å²) in [6.45, 7) is 11.2. The van der Waals surface area contributed by atoms with Gasteiger partial charge in [-0.1, -0.05) is 69.5 Å². The van der Waals surface area contributed by atoms with Gasteiger partial charge in [0.15, 0.2) is 0 Å². The smallest absolute Gasteiger partial charge is 0.188 e. The van der Waals surface area contributed by atoms with Gasteiger partial charge in [0, 0.05) is 0 Å². The van der Waals surface area contributed by atoms with E-state index in [0.29, 0.717) is 5.92 Å². The first kappa shape index (κ1) is 16.6. The Morgan fingerprint density at radius 2 is 1.94 bits per heavy atom. The SMILES string of the molecule is CCCCC/C=C(\Br)B(Cl)C(C)(C)C(C)C. The summed E-state index contributed by atoms with van der Waals surface area (Å²) in [7, 11) is 0. The van der Waals surface area contributed by atoms with Crippen LogP contribution in [0.15, 0.2) is 10.5 Å². The van der Waals surface area contributed by atoms with Gasteiger partial charge < -0.3 is 0 Å². The molecular formula is C13H25BBrCl. The number of allylic oxidation sites excluding steroid dienone is 1. The second kappa shape index (κ2) is 7.82. The average Bonchev–Trinajstić information content (AvgIpc) is 2.22. The molecule has 0 saturated carbocycles. The molecule has 0 heterocycles. The lowest BCUT2D eigenvalue weighted by Crippen LogP contribution is -2.28. The van der Waals surface area contributed by atoms with Gasteiger partial charge in [-0.15, -0.1) is 0 Å². The maximum atomic E-state index is 6.52. The first-order valence-electron chi connectivity index (χ1n) is 6.33. The maximum absolute atomic E-state index is 6.52. The Balaban J connectivity index is 4.31. The van der Waals surface area contributed by atoms with Crippen LogP contribution in [0.1, 0.15) is 60.3 Å². The van der Waals surface area contributed by atoms with Gasteiger partial charge in [-0.05, 0) is 28.5 Å². The van der Waals surface area contributed by atoms with E-state index in [4.69, 9.17) is 11.5 Å². The van der Waals surface area contributed by atoms with Crippen LogP contribution in [0.5, 0.6) is 0 Å². The van der Waals surface area contributed by atoms with Crippen molar-refractivity contribution in [3.63, 3.8) is 0 Å². The molecular weight excluding hydrogens is 282 g/mol. The predicted octanol–water partition coefficient (Wildman–Crippen LogP) is 6.05. The molecule has 0 N–H and O–H groups in total. The summed E-state index contributed by atoms with van der Waals surface area (Å²) in [5.41, 5.74) is 0. The highest BCUT2D eigenvalue weighted by Gasteiger charge is 2.36. The van der Waals surface area contributed by atoms with Gasteiger partial charge in [0.1, 0.15) is 0 Å². The van der Waals surface area contributed by atoms with E-state index in [-0.39, 0.29) is 11.4 Å². The topological polar surface area (TPSA) is 0 Å². The predicted molar refractivity (Wildman–Crippen MR) is 81.6 cm³/mol.